The summed E-state index contributed by atoms with van der Waals surface area (Å²) in [5.74, 6) is -3.74. The number of benzene rings is 2. The van der Waals surface area contributed by atoms with Gasteiger partial charge in [0.15, 0.2) is 0 Å². The van der Waals surface area contributed by atoms with Crippen LogP contribution in [-0.4, -0.2) is 95.3 Å². The first kappa shape index (κ1) is 36.9. The highest BCUT2D eigenvalue weighted by Gasteiger charge is 2.76. The molecule has 50 heavy (non-hydrogen) atoms. The van der Waals surface area contributed by atoms with Crippen molar-refractivity contribution >= 4 is 23.7 Å². The molecule has 3 aliphatic heterocycles. The Balaban J connectivity index is 1.54. The monoisotopic (exact) mass is 687 g/mol. The van der Waals surface area contributed by atoms with E-state index < -0.39 is 66.3 Å². The number of carbonyl (C=O) groups is 4. The van der Waals surface area contributed by atoms with Crippen LogP contribution in [0.5, 0.6) is 0 Å². The van der Waals surface area contributed by atoms with Gasteiger partial charge in [-0.1, -0.05) is 72.8 Å². The summed E-state index contributed by atoms with van der Waals surface area (Å²) in [6.45, 7) is 11.2. The van der Waals surface area contributed by atoms with Crippen molar-refractivity contribution in [3.63, 3.8) is 0 Å². The van der Waals surface area contributed by atoms with Gasteiger partial charge in [0.2, 0.25) is 17.7 Å². The van der Waals surface area contributed by atoms with E-state index in [1.54, 1.807) is 41.3 Å². The van der Waals surface area contributed by atoms with Crippen molar-refractivity contribution in [2.24, 2.45) is 11.8 Å². The maximum Gasteiger partial charge on any atom is 0.313 e. The number of carbonyl (C=O) groups excluding carboxylic acids is 4. The van der Waals surface area contributed by atoms with Crippen LogP contribution in [-0.2, 0) is 33.4 Å². The maximum absolute atomic E-state index is 14.8. The van der Waals surface area contributed by atoms with Crippen molar-refractivity contribution in [1.82, 2.24) is 15.1 Å². The molecule has 8 atom stereocenters. The average Bonchev–Trinajstić information content (AvgIpc) is 3.77. The van der Waals surface area contributed by atoms with Gasteiger partial charge < -0.3 is 34.4 Å². The molecule has 3 saturated heterocycles. The molecule has 5 rings (SSSR count). The minimum absolute atomic E-state index is 0.0531. The van der Waals surface area contributed by atoms with E-state index in [9.17, 15) is 24.3 Å². The lowest BCUT2D eigenvalue weighted by atomic mass is 9.70. The lowest BCUT2D eigenvalue weighted by Gasteiger charge is -2.40. The number of nitrogens with one attached hydrogen (secondary N) is 1. The molecule has 0 unspecified atom stereocenters. The summed E-state index contributed by atoms with van der Waals surface area (Å²) >= 11 is 0. The van der Waals surface area contributed by atoms with Gasteiger partial charge in [0, 0.05) is 26.1 Å². The van der Waals surface area contributed by atoms with Crippen molar-refractivity contribution in [1.29, 1.82) is 0 Å². The Hall–Kier alpha value is -4.32. The van der Waals surface area contributed by atoms with Gasteiger partial charge in [-0.3, -0.25) is 19.2 Å². The molecule has 2 N–H and O–H groups in total. The molecular formula is C39H49N3O8. The number of hydrogen-bond donors (Lipinski definition) is 2. The highest BCUT2D eigenvalue weighted by molar-refractivity contribution is 5.98. The molecule has 2 bridgehead atoms. The molecule has 0 radical (unpaired) electrons. The normalized spacial score (nSPS) is 25.5. The zero-order chi connectivity index (χ0) is 36.0. The van der Waals surface area contributed by atoms with E-state index in [2.05, 4.69) is 18.5 Å². The van der Waals surface area contributed by atoms with E-state index in [1.807, 2.05) is 50.2 Å². The Labute approximate surface area is 294 Å². The zero-order valence-corrected chi connectivity index (χ0v) is 29.1. The fourth-order valence-electron chi connectivity index (χ4n) is 7.98. The summed E-state index contributed by atoms with van der Waals surface area (Å²) in [7, 11) is 1.50. The Morgan fingerprint density at radius 3 is 2.32 bits per heavy atom. The number of hydrogen-bond acceptors (Lipinski definition) is 8. The van der Waals surface area contributed by atoms with Gasteiger partial charge in [0.25, 0.3) is 0 Å². The van der Waals surface area contributed by atoms with Gasteiger partial charge in [-0.2, -0.15) is 0 Å². The van der Waals surface area contributed by atoms with Crippen LogP contribution in [0.15, 0.2) is 86.0 Å². The minimum Gasteiger partial charge on any atom is -0.455 e. The molecule has 2 aromatic rings. The second kappa shape index (κ2) is 16.1. The Morgan fingerprint density at radius 1 is 1.08 bits per heavy atom. The number of aliphatic hydroxyl groups is 1. The van der Waals surface area contributed by atoms with Crippen molar-refractivity contribution in [2.75, 3.05) is 26.9 Å². The van der Waals surface area contributed by atoms with Crippen molar-refractivity contribution in [3.05, 3.63) is 97.1 Å². The number of fused-ring (bicyclic) bond motifs is 1. The second-order valence-corrected chi connectivity index (χ2v) is 13.5. The van der Waals surface area contributed by atoms with Crippen molar-refractivity contribution < 1.29 is 38.5 Å². The largest absolute Gasteiger partial charge is 0.455 e. The lowest BCUT2D eigenvalue weighted by molar-refractivity contribution is -0.163. The molecule has 0 aromatic heterocycles. The average molecular weight is 688 g/mol. The van der Waals surface area contributed by atoms with Crippen LogP contribution in [0, 0.1) is 11.8 Å². The number of amides is 3. The van der Waals surface area contributed by atoms with E-state index in [4.69, 9.17) is 14.2 Å². The van der Waals surface area contributed by atoms with Gasteiger partial charge in [0.1, 0.15) is 17.7 Å². The fourth-order valence-corrected chi connectivity index (χ4v) is 7.98. The summed E-state index contributed by atoms with van der Waals surface area (Å²) in [5, 5.41) is 13.7. The van der Waals surface area contributed by atoms with Crippen molar-refractivity contribution in [2.45, 2.75) is 81.5 Å². The first-order valence-electron chi connectivity index (χ1n) is 17.3. The second-order valence-electron chi connectivity index (χ2n) is 13.5. The molecule has 3 aliphatic rings. The predicted octanol–water partition coefficient (Wildman–Crippen LogP) is 3.90. The molecule has 11 heteroatoms. The molecule has 2 aromatic carbocycles. The molecule has 11 nitrogen and oxygen atoms in total. The van der Waals surface area contributed by atoms with Crippen LogP contribution < -0.4 is 5.32 Å². The summed E-state index contributed by atoms with van der Waals surface area (Å²) in [6.07, 6.45) is 3.18. The van der Waals surface area contributed by atoms with E-state index in [1.165, 1.54) is 12.0 Å². The third-order valence-electron chi connectivity index (χ3n) is 10.2. The topological polar surface area (TPSA) is 135 Å². The van der Waals surface area contributed by atoms with E-state index in [0.29, 0.717) is 30.4 Å². The number of aliphatic hydroxyl groups excluding tert-OH is 1. The smallest absolute Gasteiger partial charge is 0.313 e. The van der Waals surface area contributed by atoms with Gasteiger partial charge in [-0.15, -0.1) is 13.2 Å². The third kappa shape index (κ3) is 6.99. The lowest BCUT2D eigenvalue weighted by Crippen LogP contribution is -2.58. The number of likely N-dealkylation sites (tertiary alicyclic amines) is 1. The zero-order valence-electron chi connectivity index (χ0n) is 29.1. The highest BCUT2D eigenvalue weighted by atomic mass is 16.6. The van der Waals surface area contributed by atoms with Crippen LogP contribution in [0.3, 0.4) is 0 Å². The molecule has 3 heterocycles. The molecule has 0 saturated carbocycles. The number of rotatable bonds is 17. The van der Waals surface area contributed by atoms with Gasteiger partial charge >= 0.3 is 5.97 Å². The molecular weight excluding hydrogens is 638 g/mol. The van der Waals surface area contributed by atoms with Crippen LogP contribution in [0.1, 0.15) is 62.8 Å². The Morgan fingerprint density at radius 2 is 1.74 bits per heavy atom. The number of allylic oxidation sites excluding steroid dienone is 1. The first-order valence-corrected chi connectivity index (χ1v) is 17.3. The van der Waals surface area contributed by atoms with Gasteiger partial charge in [-0.05, 0) is 44.2 Å². The third-order valence-corrected chi connectivity index (χ3v) is 10.2. The first-order chi connectivity index (χ1) is 24.1. The molecule has 3 amide bonds. The number of nitrogens with zero attached hydrogens (tertiary/aromatic N) is 2. The van der Waals surface area contributed by atoms with E-state index in [0.717, 1.165) is 0 Å². The van der Waals surface area contributed by atoms with Crippen LogP contribution in [0.25, 0.3) is 0 Å². The molecule has 1 spiro atoms. The number of ether oxygens (including phenoxy) is 3. The maximum atomic E-state index is 14.8. The highest BCUT2D eigenvalue weighted by Crippen LogP contribution is 2.60. The molecule has 268 valence electrons. The fraction of sp³-hybridized carbons (Fsp3) is 0.487. The van der Waals surface area contributed by atoms with Crippen LogP contribution in [0.2, 0.25) is 0 Å². The van der Waals surface area contributed by atoms with Gasteiger partial charge in [0.05, 0.1) is 43.2 Å². The molecule has 0 aliphatic carbocycles. The van der Waals surface area contributed by atoms with Crippen LogP contribution >= 0.6 is 0 Å². The molecule has 3 fully saturated rings. The number of methoxy groups -OCH3 is 1. The van der Waals surface area contributed by atoms with Crippen molar-refractivity contribution in [3.8, 4) is 0 Å². The summed E-state index contributed by atoms with van der Waals surface area (Å²) < 4.78 is 18.4. The predicted molar refractivity (Wildman–Crippen MR) is 186 cm³/mol. The summed E-state index contributed by atoms with van der Waals surface area (Å²) in [6, 6.07) is 15.2. The standard InChI is InChI=1S/C39H49N3O8/c1-6-8-19-31(44)40-28(24-48-5)34(27-17-13-10-14-18-27)49-38(47)32-30-20-21-39(50-30)33(32)36(45)42(29(23-43)26-15-11-9-12-16-26)35(39)37(46)41(22-7-2)25(3)4/h6-7,9-18,25,28-30,32-35,43H,1-2,8,19-24H2,3-5H3,(H,40,44)/t28-,29+,30+,32-,33-,34-,35+,39-/m0/s1. The van der Waals surface area contributed by atoms with E-state index in [-0.39, 0.29) is 37.4 Å². The summed E-state index contributed by atoms with van der Waals surface area (Å²) in [4.78, 5) is 59.9. The van der Waals surface area contributed by atoms with E-state index >= 15 is 0 Å². The summed E-state index contributed by atoms with van der Waals surface area (Å²) in [5.41, 5.74) is -0.0177. The van der Waals surface area contributed by atoms with Gasteiger partial charge in [-0.25, -0.2) is 0 Å². The minimum atomic E-state index is -1.31. The number of esters is 1. The Kier molecular flexibility index (Phi) is 11.9. The van der Waals surface area contributed by atoms with Crippen LogP contribution in [0.4, 0.5) is 0 Å². The quantitative estimate of drug-likeness (QED) is 0.189. The SMILES string of the molecule is C=CCCC(=O)N[C@@H](COC)[C@@H](OC(=O)[C@@H]1[C@H]2C(=O)N([C@H](CO)c3ccccc3)[C@H](C(=O)N(CC=C)C(C)C)[C@]23CC[C@H]1O3)c1ccccc1. The Bertz CT molecular complexity index is 1530.